The smallest absolute Gasteiger partial charge is 0.250 e. The van der Waals surface area contributed by atoms with Gasteiger partial charge in [0.05, 0.1) is 0 Å². The number of hydrogen-bond acceptors (Lipinski definition) is 2. The van der Waals surface area contributed by atoms with Crippen molar-refractivity contribution in [3.05, 3.63) is 35.4 Å². The van der Waals surface area contributed by atoms with Crippen LogP contribution < -0.4 is 4.43 Å². The van der Waals surface area contributed by atoms with Gasteiger partial charge in [0.25, 0.3) is 0 Å². The Bertz CT molecular complexity index is 646. The molecule has 0 saturated carbocycles. The van der Waals surface area contributed by atoms with Crippen LogP contribution in [-0.4, -0.2) is 13.9 Å². The number of benzene rings is 1. The van der Waals surface area contributed by atoms with Crippen molar-refractivity contribution >= 4 is 14.1 Å². The Morgan fingerprint density at radius 2 is 1.41 bits per heavy atom. The zero-order valence-corrected chi connectivity index (χ0v) is 20.8. The van der Waals surface area contributed by atoms with Gasteiger partial charge in [0, 0.05) is 5.56 Å². The standard InChI is InChI=1S/C24H42O2Si/c1-17(2)21(18(3)4)22(25-23(5,6)7)19-14-13-15-20(16-19)26-27(11,12)24(8,9)10/h13-18H,1-12H3. The van der Waals surface area contributed by atoms with E-state index in [1.165, 1.54) is 5.57 Å². The molecule has 0 atom stereocenters. The van der Waals surface area contributed by atoms with Gasteiger partial charge in [0.15, 0.2) is 0 Å². The molecule has 0 aliphatic carbocycles. The van der Waals surface area contributed by atoms with Crippen LogP contribution in [0.3, 0.4) is 0 Å². The molecular weight excluding hydrogens is 348 g/mol. The molecule has 0 radical (unpaired) electrons. The fraction of sp³-hybridized carbons (Fsp3) is 0.667. The zero-order valence-electron chi connectivity index (χ0n) is 19.8. The van der Waals surface area contributed by atoms with Crippen LogP contribution in [0.5, 0.6) is 5.75 Å². The third kappa shape index (κ3) is 6.71. The molecular formula is C24H42O2Si. The Kier molecular flexibility index (Phi) is 7.43. The molecule has 0 unspecified atom stereocenters. The van der Waals surface area contributed by atoms with Gasteiger partial charge in [-0.05, 0) is 68.4 Å². The van der Waals surface area contributed by atoms with E-state index in [1.54, 1.807) is 0 Å². The largest absolute Gasteiger partial charge is 0.543 e. The second-order valence-corrected chi connectivity index (χ2v) is 15.4. The van der Waals surface area contributed by atoms with Gasteiger partial charge < -0.3 is 9.16 Å². The van der Waals surface area contributed by atoms with E-state index in [-0.39, 0.29) is 10.6 Å². The molecule has 154 valence electrons. The highest BCUT2D eigenvalue weighted by Crippen LogP contribution is 2.39. The summed E-state index contributed by atoms with van der Waals surface area (Å²) in [7, 11) is -1.88. The van der Waals surface area contributed by atoms with Gasteiger partial charge in [-0.25, -0.2) is 0 Å². The van der Waals surface area contributed by atoms with Crippen LogP contribution >= 0.6 is 0 Å². The molecule has 0 aliphatic rings. The van der Waals surface area contributed by atoms with Crippen molar-refractivity contribution < 1.29 is 9.16 Å². The highest BCUT2D eigenvalue weighted by atomic mass is 28.4. The van der Waals surface area contributed by atoms with Gasteiger partial charge in [0.1, 0.15) is 17.1 Å². The van der Waals surface area contributed by atoms with Gasteiger partial charge in [-0.15, -0.1) is 0 Å². The number of rotatable bonds is 6. The first-order chi connectivity index (χ1) is 12.0. The first-order valence-electron chi connectivity index (χ1n) is 10.3. The second-order valence-electron chi connectivity index (χ2n) is 10.7. The average molecular weight is 391 g/mol. The zero-order chi connectivity index (χ0) is 21.2. The minimum atomic E-state index is -1.88. The predicted molar refractivity (Wildman–Crippen MR) is 122 cm³/mol. The van der Waals surface area contributed by atoms with Gasteiger partial charge in [-0.1, -0.05) is 60.6 Å². The molecule has 3 heteroatoms. The maximum atomic E-state index is 6.55. The van der Waals surface area contributed by atoms with E-state index in [1.807, 2.05) is 0 Å². The van der Waals surface area contributed by atoms with Crippen LogP contribution in [0.2, 0.25) is 18.1 Å². The Balaban J connectivity index is 3.47. The number of hydrogen-bond donors (Lipinski definition) is 0. The van der Waals surface area contributed by atoms with Crippen molar-refractivity contribution in [2.45, 2.75) is 93.0 Å². The van der Waals surface area contributed by atoms with Crippen LogP contribution in [-0.2, 0) is 4.74 Å². The van der Waals surface area contributed by atoms with Crippen LogP contribution in [0.4, 0.5) is 0 Å². The monoisotopic (exact) mass is 390 g/mol. The molecule has 1 rings (SSSR count). The van der Waals surface area contributed by atoms with Crippen molar-refractivity contribution in [1.82, 2.24) is 0 Å². The minimum Gasteiger partial charge on any atom is -0.543 e. The lowest BCUT2D eigenvalue weighted by atomic mass is 9.89. The van der Waals surface area contributed by atoms with E-state index >= 15 is 0 Å². The Morgan fingerprint density at radius 3 is 1.81 bits per heavy atom. The van der Waals surface area contributed by atoms with E-state index in [4.69, 9.17) is 9.16 Å². The van der Waals surface area contributed by atoms with E-state index in [9.17, 15) is 0 Å². The van der Waals surface area contributed by atoms with E-state index < -0.39 is 8.32 Å². The molecule has 0 N–H and O–H groups in total. The van der Waals surface area contributed by atoms with Crippen LogP contribution in [0, 0.1) is 11.8 Å². The number of ether oxygens (including phenoxy) is 1. The van der Waals surface area contributed by atoms with Gasteiger partial charge in [-0.2, -0.15) is 0 Å². The molecule has 0 aliphatic heterocycles. The van der Waals surface area contributed by atoms with Gasteiger partial charge in [-0.3, -0.25) is 0 Å². The van der Waals surface area contributed by atoms with Crippen LogP contribution in [0.25, 0.3) is 5.76 Å². The summed E-state index contributed by atoms with van der Waals surface area (Å²) in [5, 5.41) is 0.171. The molecule has 0 aromatic heterocycles. The van der Waals surface area contributed by atoms with Crippen molar-refractivity contribution in [2.75, 3.05) is 0 Å². The summed E-state index contributed by atoms with van der Waals surface area (Å²) < 4.78 is 13.0. The molecule has 0 saturated heterocycles. The molecule has 0 amide bonds. The molecule has 0 bridgehead atoms. The van der Waals surface area contributed by atoms with Crippen LogP contribution in [0.1, 0.15) is 74.8 Å². The maximum absolute atomic E-state index is 6.55. The van der Waals surface area contributed by atoms with E-state index in [0.717, 1.165) is 17.1 Å². The number of allylic oxidation sites excluding steroid dienone is 1. The van der Waals surface area contributed by atoms with Gasteiger partial charge >= 0.3 is 0 Å². The Morgan fingerprint density at radius 1 is 0.889 bits per heavy atom. The lowest BCUT2D eigenvalue weighted by Crippen LogP contribution is -2.43. The highest BCUT2D eigenvalue weighted by molar-refractivity contribution is 6.74. The highest BCUT2D eigenvalue weighted by Gasteiger charge is 2.39. The summed E-state index contributed by atoms with van der Waals surface area (Å²) in [6.45, 7) is 26.7. The van der Waals surface area contributed by atoms with E-state index in [2.05, 4.69) is 107 Å². The van der Waals surface area contributed by atoms with Crippen molar-refractivity contribution in [3.8, 4) is 5.75 Å². The molecule has 2 nitrogen and oxygen atoms in total. The first kappa shape index (κ1) is 23.8. The SMILES string of the molecule is CC(C)C(=C(OC(C)(C)C)c1cccc(O[Si](C)(C)C(C)(C)C)c1)C(C)C. The second kappa shape index (κ2) is 8.42. The quantitative estimate of drug-likeness (QED) is 0.363. The summed E-state index contributed by atoms with van der Waals surface area (Å²) in [6.07, 6.45) is 0. The molecule has 0 spiro atoms. The molecule has 1 aromatic carbocycles. The van der Waals surface area contributed by atoms with Gasteiger partial charge in [0.2, 0.25) is 8.32 Å². The molecule has 27 heavy (non-hydrogen) atoms. The summed E-state index contributed by atoms with van der Waals surface area (Å²) in [6, 6.07) is 8.46. The topological polar surface area (TPSA) is 18.5 Å². The summed E-state index contributed by atoms with van der Waals surface area (Å²) >= 11 is 0. The lowest BCUT2D eigenvalue weighted by molar-refractivity contribution is 0.0940. The van der Waals surface area contributed by atoms with Crippen molar-refractivity contribution in [1.29, 1.82) is 0 Å². The fourth-order valence-electron chi connectivity index (χ4n) is 2.93. The Labute approximate surface area is 169 Å². The third-order valence-corrected chi connectivity index (χ3v) is 9.55. The molecule has 0 heterocycles. The normalized spacial score (nSPS) is 13.1. The Hall–Kier alpha value is -1.22. The third-order valence-electron chi connectivity index (χ3n) is 5.19. The lowest BCUT2D eigenvalue weighted by Gasteiger charge is -2.36. The molecule has 1 aromatic rings. The average Bonchev–Trinajstić information content (AvgIpc) is 2.42. The summed E-state index contributed by atoms with van der Waals surface area (Å²) in [5.41, 5.74) is 2.22. The predicted octanol–water partition coefficient (Wildman–Crippen LogP) is 7.91. The van der Waals surface area contributed by atoms with Crippen molar-refractivity contribution in [3.63, 3.8) is 0 Å². The minimum absolute atomic E-state index is 0.171. The van der Waals surface area contributed by atoms with Crippen LogP contribution in [0.15, 0.2) is 29.8 Å². The molecule has 0 fully saturated rings. The summed E-state index contributed by atoms with van der Waals surface area (Å²) in [5.74, 6) is 2.80. The van der Waals surface area contributed by atoms with Crippen molar-refractivity contribution in [2.24, 2.45) is 11.8 Å². The fourth-order valence-corrected chi connectivity index (χ4v) is 3.95. The first-order valence-corrected chi connectivity index (χ1v) is 13.2. The van der Waals surface area contributed by atoms with E-state index in [0.29, 0.717) is 11.8 Å². The maximum Gasteiger partial charge on any atom is 0.250 e. The summed E-state index contributed by atoms with van der Waals surface area (Å²) in [4.78, 5) is 0.